The lowest BCUT2D eigenvalue weighted by atomic mass is 10.2. The van der Waals surface area contributed by atoms with Crippen LogP contribution in [0.15, 0.2) is 60.7 Å². The number of unbranched alkanes of at least 4 members (excludes halogenated alkanes) is 1. The summed E-state index contributed by atoms with van der Waals surface area (Å²) in [5, 5.41) is 12.5. The van der Waals surface area contributed by atoms with E-state index in [1.807, 2.05) is 11.8 Å². The van der Waals surface area contributed by atoms with E-state index >= 15 is 0 Å². The number of rotatable bonds is 8. The molecule has 2 aromatic carbocycles. The fraction of sp³-hybridized carbons (Fsp3) is 0.429. The Morgan fingerprint density at radius 2 is 1.60 bits per heavy atom. The van der Waals surface area contributed by atoms with Gasteiger partial charge >= 0.3 is 0 Å². The maximum atomic E-state index is 9.49. The molecule has 1 N–H and O–H groups in total. The number of hydrogen-bond acceptors (Lipinski definition) is 3. The molecular weight excluding hydrogens is 344 g/mol. The van der Waals surface area contributed by atoms with Crippen molar-refractivity contribution in [2.45, 2.75) is 49.3 Å². The van der Waals surface area contributed by atoms with Gasteiger partial charge in [-0.05, 0) is 29.3 Å². The Kier molecular flexibility index (Phi) is 6.76. The van der Waals surface area contributed by atoms with E-state index in [4.69, 9.17) is 4.43 Å². The van der Waals surface area contributed by atoms with Crippen molar-refractivity contribution in [3.63, 3.8) is 0 Å². The molecule has 0 spiro atoms. The van der Waals surface area contributed by atoms with E-state index in [2.05, 4.69) is 67.6 Å². The second kappa shape index (κ2) is 9.04. The van der Waals surface area contributed by atoms with Gasteiger partial charge in [0, 0.05) is 5.25 Å². The summed E-state index contributed by atoms with van der Waals surface area (Å²) >= 11 is 1.82. The molecule has 0 saturated carbocycles. The standard InChI is InChI=1S/C21H28O2SSi/c1-2-3-16-25(19-10-6-4-7-11-19,20-12-8-5-9-13-20)23-21-15-14-18(17-22)24-21/h4-13,18,21-22H,2-3,14-17H2,1H3/t18-,21?/m0/s1. The maximum absolute atomic E-state index is 9.49. The zero-order valence-corrected chi connectivity index (χ0v) is 16.8. The quantitative estimate of drug-likeness (QED) is 0.715. The van der Waals surface area contributed by atoms with E-state index in [-0.39, 0.29) is 12.0 Å². The lowest BCUT2D eigenvalue weighted by Crippen LogP contribution is -2.61. The maximum Gasteiger partial charge on any atom is 0.257 e. The summed E-state index contributed by atoms with van der Waals surface area (Å²) < 4.78 is 7.00. The minimum atomic E-state index is -2.28. The molecule has 2 atom stereocenters. The molecule has 2 nitrogen and oxygen atoms in total. The summed E-state index contributed by atoms with van der Waals surface area (Å²) in [4.78, 5) is 0. The second-order valence-corrected chi connectivity index (χ2v) is 11.7. The predicted octanol–water partition coefficient (Wildman–Crippen LogP) is 3.78. The highest BCUT2D eigenvalue weighted by atomic mass is 32.2. The third kappa shape index (κ3) is 4.37. The van der Waals surface area contributed by atoms with E-state index in [9.17, 15) is 5.11 Å². The molecule has 0 radical (unpaired) electrons. The zero-order chi connectivity index (χ0) is 17.5. The Balaban J connectivity index is 1.99. The summed E-state index contributed by atoms with van der Waals surface area (Å²) in [6.07, 6.45) is 4.44. The molecule has 25 heavy (non-hydrogen) atoms. The Bertz CT molecular complexity index is 595. The Morgan fingerprint density at radius 3 is 2.08 bits per heavy atom. The zero-order valence-electron chi connectivity index (χ0n) is 14.9. The number of hydrogen-bond donors (Lipinski definition) is 1. The van der Waals surface area contributed by atoms with Crippen molar-refractivity contribution in [1.82, 2.24) is 0 Å². The van der Waals surface area contributed by atoms with Crippen LogP contribution in [-0.2, 0) is 4.43 Å². The van der Waals surface area contributed by atoms with Gasteiger partial charge in [-0.25, -0.2) is 0 Å². The highest BCUT2D eigenvalue weighted by molar-refractivity contribution is 8.00. The minimum absolute atomic E-state index is 0.195. The van der Waals surface area contributed by atoms with Gasteiger partial charge in [0.05, 0.1) is 12.0 Å². The van der Waals surface area contributed by atoms with Crippen LogP contribution >= 0.6 is 11.8 Å². The molecule has 0 aromatic heterocycles. The molecule has 1 heterocycles. The average Bonchev–Trinajstić information content (AvgIpc) is 3.14. The van der Waals surface area contributed by atoms with E-state index < -0.39 is 8.32 Å². The molecule has 1 unspecified atom stereocenters. The fourth-order valence-electron chi connectivity index (χ4n) is 3.61. The summed E-state index contributed by atoms with van der Waals surface area (Å²) in [6, 6.07) is 22.8. The molecule has 134 valence electrons. The molecule has 4 heteroatoms. The smallest absolute Gasteiger partial charge is 0.257 e. The van der Waals surface area contributed by atoms with Gasteiger partial charge in [-0.3, -0.25) is 0 Å². The second-order valence-electron chi connectivity index (χ2n) is 6.73. The first-order chi connectivity index (χ1) is 12.3. The van der Waals surface area contributed by atoms with Gasteiger partial charge in [0.15, 0.2) is 0 Å². The van der Waals surface area contributed by atoms with Crippen LogP contribution in [-0.4, -0.2) is 30.7 Å². The SMILES string of the molecule is CCCC[Si](OC1CC[C@@H](CO)S1)(c1ccccc1)c1ccccc1. The van der Waals surface area contributed by atoms with Gasteiger partial charge in [0.1, 0.15) is 0 Å². The molecule has 0 bridgehead atoms. The van der Waals surface area contributed by atoms with Crippen molar-refractivity contribution in [1.29, 1.82) is 0 Å². The van der Waals surface area contributed by atoms with Crippen molar-refractivity contribution in [2.24, 2.45) is 0 Å². The highest BCUT2D eigenvalue weighted by Crippen LogP contribution is 2.36. The summed E-state index contributed by atoms with van der Waals surface area (Å²) in [7, 11) is -2.28. The van der Waals surface area contributed by atoms with Crippen LogP contribution < -0.4 is 10.4 Å². The van der Waals surface area contributed by atoms with E-state index in [1.54, 1.807) is 0 Å². The largest absolute Gasteiger partial charge is 0.396 e. The summed E-state index contributed by atoms with van der Waals surface area (Å²) in [6.45, 7) is 2.51. The number of thioether (sulfide) groups is 1. The van der Waals surface area contributed by atoms with Crippen molar-refractivity contribution in [3.8, 4) is 0 Å². The summed E-state index contributed by atoms with van der Waals surface area (Å²) in [5.74, 6) is 0. The van der Waals surface area contributed by atoms with Crippen LogP contribution in [0.3, 0.4) is 0 Å². The number of benzene rings is 2. The van der Waals surface area contributed by atoms with Crippen LogP contribution in [0.2, 0.25) is 6.04 Å². The van der Waals surface area contributed by atoms with Crippen LogP contribution in [0, 0.1) is 0 Å². The van der Waals surface area contributed by atoms with Crippen LogP contribution in [0.4, 0.5) is 0 Å². The lowest BCUT2D eigenvalue weighted by molar-refractivity contribution is 0.272. The average molecular weight is 373 g/mol. The number of aliphatic hydroxyl groups excluding tert-OH is 1. The highest BCUT2D eigenvalue weighted by Gasteiger charge is 2.42. The first-order valence-electron chi connectivity index (χ1n) is 9.33. The van der Waals surface area contributed by atoms with Gasteiger partial charge < -0.3 is 9.53 Å². The van der Waals surface area contributed by atoms with Crippen LogP contribution in [0.25, 0.3) is 0 Å². The topological polar surface area (TPSA) is 29.5 Å². The summed E-state index contributed by atoms with van der Waals surface area (Å²) in [5.41, 5.74) is 0.195. The molecular formula is C21H28O2SSi. The Labute approximate surface area is 156 Å². The van der Waals surface area contributed by atoms with Crippen molar-refractivity contribution < 1.29 is 9.53 Å². The molecule has 2 aromatic rings. The molecule has 3 rings (SSSR count). The van der Waals surface area contributed by atoms with E-state index in [1.165, 1.54) is 23.2 Å². The minimum Gasteiger partial charge on any atom is -0.396 e. The molecule has 0 aliphatic carbocycles. The normalized spacial score (nSPS) is 20.7. The molecule has 1 aliphatic heterocycles. The van der Waals surface area contributed by atoms with Gasteiger partial charge in [-0.2, -0.15) is 0 Å². The van der Waals surface area contributed by atoms with E-state index in [0.29, 0.717) is 5.25 Å². The third-order valence-electron chi connectivity index (χ3n) is 4.97. The predicted molar refractivity (Wildman–Crippen MR) is 110 cm³/mol. The van der Waals surface area contributed by atoms with E-state index in [0.717, 1.165) is 18.9 Å². The van der Waals surface area contributed by atoms with Crippen molar-refractivity contribution >= 4 is 30.5 Å². The van der Waals surface area contributed by atoms with Crippen LogP contribution in [0.5, 0.6) is 0 Å². The Hall–Kier alpha value is -1.07. The first kappa shape index (κ1) is 18.7. The van der Waals surface area contributed by atoms with Gasteiger partial charge in [-0.1, -0.05) is 80.4 Å². The lowest BCUT2D eigenvalue weighted by Gasteiger charge is -2.35. The van der Waals surface area contributed by atoms with Crippen LogP contribution in [0.1, 0.15) is 32.6 Å². The molecule has 0 amide bonds. The van der Waals surface area contributed by atoms with Crippen molar-refractivity contribution in [2.75, 3.05) is 6.61 Å². The first-order valence-corrected chi connectivity index (χ1v) is 12.4. The van der Waals surface area contributed by atoms with Crippen molar-refractivity contribution in [3.05, 3.63) is 60.7 Å². The third-order valence-corrected chi connectivity index (χ3v) is 10.8. The van der Waals surface area contributed by atoms with Gasteiger partial charge in [0.25, 0.3) is 8.32 Å². The Morgan fingerprint density at radius 1 is 1.00 bits per heavy atom. The number of aliphatic hydroxyl groups is 1. The fourth-order valence-corrected chi connectivity index (χ4v) is 9.56. The molecule has 1 aliphatic rings. The molecule has 1 fully saturated rings. The van der Waals surface area contributed by atoms with Gasteiger partial charge in [0.2, 0.25) is 0 Å². The van der Waals surface area contributed by atoms with Gasteiger partial charge in [-0.15, -0.1) is 11.8 Å². The molecule has 1 saturated heterocycles. The monoisotopic (exact) mass is 372 g/mol.